The van der Waals surface area contributed by atoms with Crippen molar-refractivity contribution in [2.24, 2.45) is 5.92 Å². The zero-order valence-corrected chi connectivity index (χ0v) is 13.7. The Kier molecular flexibility index (Phi) is 4.28. The third-order valence-electron chi connectivity index (χ3n) is 3.89. The van der Waals surface area contributed by atoms with Crippen LogP contribution in [-0.2, 0) is 11.2 Å². The molecule has 3 rings (SSSR count). The second-order valence-electron chi connectivity index (χ2n) is 6.22. The van der Waals surface area contributed by atoms with Crippen LogP contribution in [0.15, 0.2) is 30.3 Å². The van der Waals surface area contributed by atoms with E-state index in [2.05, 4.69) is 15.3 Å². The number of carbonyl (C=O) groups is 1. The molecular formula is C18H21N3O2. The second-order valence-corrected chi connectivity index (χ2v) is 6.22. The molecule has 23 heavy (non-hydrogen) atoms. The van der Waals surface area contributed by atoms with E-state index in [9.17, 15) is 4.79 Å². The highest BCUT2D eigenvalue weighted by molar-refractivity contribution is 5.92. The van der Waals surface area contributed by atoms with Gasteiger partial charge < -0.3 is 10.1 Å². The van der Waals surface area contributed by atoms with E-state index in [4.69, 9.17) is 4.74 Å². The highest BCUT2D eigenvalue weighted by Crippen LogP contribution is 2.27. The van der Waals surface area contributed by atoms with Crippen molar-refractivity contribution in [3.8, 4) is 5.75 Å². The molecule has 2 aromatic rings. The first kappa shape index (κ1) is 15.5. The van der Waals surface area contributed by atoms with Gasteiger partial charge in [0.25, 0.3) is 0 Å². The van der Waals surface area contributed by atoms with Gasteiger partial charge >= 0.3 is 0 Å². The summed E-state index contributed by atoms with van der Waals surface area (Å²) in [6.45, 7) is 6.37. The molecule has 1 atom stereocenters. The molecule has 0 bridgehead atoms. The van der Waals surface area contributed by atoms with Gasteiger partial charge in [-0.25, -0.2) is 9.97 Å². The highest BCUT2D eigenvalue weighted by atomic mass is 16.5. The van der Waals surface area contributed by atoms with Crippen molar-refractivity contribution in [2.75, 3.05) is 11.9 Å². The van der Waals surface area contributed by atoms with Crippen LogP contribution in [0.4, 0.5) is 5.82 Å². The minimum absolute atomic E-state index is 0.0627. The number of ether oxygens (including phenoxy) is 1. The minimum Gasteiger partial charge on any atom is -0.492 e. The molecule has 1 unspecified atom stereocenters. The summed E-state index contributed by atoms with van der Waals surface area (Å²) in [6, 6.07) is 9.63. The molecule has 1 aromatic heterocycles. The Morgan fingerprint density at radius 2 is 2.09 bits per heavy atom. The lowest BCUT2D eigenvalue weighted by molar-refractivity contribution is -0.121. The van der Waals surface area contributed by atoms with Crippen LogP contribution in [-0.4, -0.2) is 22.5 Å². The number of nitrogens with one attached hydrogen (secondary N) is 1. The number of rotatable bonds is 3. The average Bonchev–Trinajstić information content (AvgIpc) is 2.53. The minimum atomic E-state index is -0.206. The lowest BCUT2D eigenvalue weighted by atomic mass is 9.96. The monoisotopic (exact) mass is 311 g/mol. The summed E-state index contributed by atoms with van der Waals surface area (Å²) >= 11 is 0. The predicted molar refractivity (Wildman–Crippen MR) is 88.6 cm³/mol. The van der Waals surface area contributed by atoms with Crippen molar-refractivity contribution in [1.29, 1.82) is 0 Å². The number of hydrogen-bond acceptors (Lipinski definition) is 4. The number of aryl methyl sites for hydroxylation is 1. The Morgan fingerprint density at radius 3 is 2.87 bits per heavy atom. The second kappa shape index (κ2) is 6.36. The van der Waals surface area contributed by atoms with Crippen molar-refractivity contribution < 1.29 is 9.53 Å². The molecule has 1 N–H and O–H groups in total. The number of carbonyl (C=O) groups excluding carboxylic acids is 1. The number of anilines is 1. The summed E-state index contributed by atoms with van der Waals surface area (Å²) < 4.78 is 5.69. The summed E-state index contributed by atoms with van der Waals surface area (Å²) in [5.74, 6) is 2.12. The Labute approximate surface area is 136 Å². The van der Waals surface area contributed by atoms with Gasteiger partial charge in [0.1, 0.15) is 24.0 Å². The van der Waals surface area contributed by atoms with Gasteiger partial charge in [0.05, 0.1) is 5.92 Å². The average molecular weight is 311 g/mol. The molecule has 0 saturated heterocycles. The summed E-state index contributed by atoms with van der Waals surface area (Å²) in [5.41, 5.74) is 1.92. The number of benzene rings is 1. The SMILES string of the molecule is Cc1cc(NC(=O)C2COc3ccccc3C2)nc(C(C)C)n1. The number of fused-ring (bicyclic) bond motifs is 1. The Bertz CT molecular complexity index is 728. The molecule has 0 aliphatic carbocycles. The highest BCUT2D eigenvalue weighted by Gasteiger charge is 2.26. The maximum Gasteiger partial charge on any atom is 0.232 e. The molecule has 0 saturated carbocycles. The number of para-hydroxylation sites is 1. The zero-order chi connectivity index (χ0) is 16.4. The largest absolute Gasteiger partial charge is 0.492 e. The molecule has 0 radical (unpaired) electrons. The van der Waals surface area contributed by atoms with Gasteiger partial charge in [0.2, 0.25) is 5.91 Å². The molecule has 5 nitrogen and oxygen atoms in total. The van der Waals surface area contributed by atoms with Gasteiger partial charge in [0.15, 0.2) is 0 Å². The Morgan fingerprint density at radius 1 is 1.30 bits per heavy atom. The molecule has 2 heterocycles. The zero-order valence-electron chi connectivity index (χ0n) is 13.7. The van der Waals surface area contributed by atoms with Crippen LogP contribution in [0.25, 0.3) is 0 Å². The van der Waals surface area contributed by atoms with Crippen LogP contribution < -0.4 is 10.1 Å². The van der Waals surface area contributed by atoms with Gasteiger partial charge in [0, 0.05) is 17.7 Å². The van der Waals surface area contributed by atoms with E-state index in [1.54, 1.807) is 6.07 Å². The summed E-state index contributed by atoms with van der Waals surface area (Å²) in [4.78, 5) is 21.3. The van der Waals surface area contributed by atoms with E-state index in [1.165, 1.54) is 0 Å². The maximum absolute atomic E-state index is 12.5. The molecule has 0 fully saturated rings. The third-order valence-corrected chi connectivity index (χ3v) is 3.89. The number of amides is 1. The van der Waals surface area contributed by atoms with Gasteiger partial charge in [-0.2, -0.15) is 0 Å². The number of nitrogens with zero attached hydrogens (tertiary/aromatic N) is 2. The summed E-state index contributed by atoms with van der Waals surface area (Å²) in [5, 5.41) is 2.91. The fourth-order valence-electron chi connectivity index (χ4n) is 2.64. The van der Waals surface area contributed by atoms with Crippen LogP contribution in [0.2, 0.25) is 0 Å². The molecule has 1 aliphatic heterocycles. The third kappa shape index (κ3) is 3.50. The van der Waals surface area contributed by atoms with Gasteiger partial charge in [-0.15, -0.1) is 0 Å². The lowest BCUT2D eigenvalue weighted by Crippen LogP contribution is -2.33. The lowest BCUT2D eigenvalue weighted by Gasteiger charge is -2.24. The van der Waals surface area contributed by atoms with Crippen LogP contribution in [0, 0.1) is 12.8 Å². The van der Waals surface area contributed by atoms with Gasteiger partial charge in [-0.3, -0.25) is 4.79 Å². The fourth-order valence-corrected chi connectivity index (χ4v) is 2.64. The fraction of sp³-hybridized carbons (Fsp3) is 0.389. The molecular weight excluding hydrogens is 290 g/mol. The van der Waals surface area contributed by atoms with E-state index < -0.39 is 0 Å². The summed E-state index contributed by atoms with van der Waals surface area (Å²) in [7, 11) is 0. The van der Waals surface area contributed by atoms with E-state index in [0.29, 0.717) is 18.8 Å². The van der Waals surface area contributed by atoms with Crippen molar-refractivity contribution >= 4 is 11.7 Å². The quantitative estimate of drug-likeness (QED) is 0.946. The first-order valence-corrected chi connectivity index (χ1v) is 7.90. The molecule has 5 heteroatoms. The van der Waals surface area contributed by atoms with E-state index in [0.717, 1.165) is 22.8 Å². The molecule has 1 aromatic carbocycles. The van der Waals surface area contributed by atoms with Crippen molar-refractivity contribution in [3.05, 3.63) is 47.4 Å². The van der Waals surface area contributed by atoms with E-state index in [1.807, 2.05) is 45.0 Å². The van der Waals surface area contributed by atoms with Gasteiger partial charge in [-0.1, -0.05) is 32.0 Å². The number of hydrogen-bond donors (Lipinski definition) is 1. The topological polar surface area (TPSA) is 64.1 Å². The maximum atomic E-state index is 12.5. The molecule has 0 spiro atoms. The van der Waals surface area contributed by atoms with Crippen LogP contribution in [0.1, 0.15) is 36.8 Å². The van der Waals surface area contributed by atoms with Crippen molar-refractivity contribution in [3.63, 3.8) is 0 Å². The van der Waals surface area contributed by atoms with E-state index in [-0.39, 0.29) is 17.7 Å². The summed E-state index contributed by atoms with van der Waals surface area (Å²) in [6.07, 6.45) is 0.684. The standard InChI is InChI=1S/C18H21N3O2/c1-11(2)17-19-12(3)8-16(20-17)21-18(22)14-9-13-6-4-5-7-15(13)23-10-14/h4-8,11,14H,9-10H2,1-3H3,(H,19,20,21,22). The molecule has 1 aliphatic rings. The van der Waals surface area contributed by atoms with Crippen LogP contribution >= 0.6 is 0 Å². The van der Waals surface area contributed by atoms with Gasteiger partial charge in [-0.05, 0) is 25.0 Å². The first-order valence-electron chi connectivity index (χ1n) is 7.90. The van der Waals surface area contributed by atoms with Crippen LogP contribution in [0.3, 0.4) is 0 Å². The normalized spacial score (nSPS) is 16.6. The smallest absolute Gasteiger partial charge is 0.232 e. The van der Waals surface area contributed by atoms with Crippen LogP contribution in [0.5, 0.6) is 5.75 Å². The van der Waals surface area contributed by atoms with Crippen molar-refractivity contribution in [2.45, 2.75) is 33.1 Å². The number of aromatic nitrogens is 2. The predicted octanol–water partition coefficient (Wildman–Crippen LogP) is 3.10. The molecule has 1 amide bonds. The molecule has 120 valence electrons. The van der Waals surface area contributed by atoms with E-state index >= 15 is 0 Å². The first-order chi connectivity index (χ1) is 11.0. The Balaban J connectivity index is 1.73. The van der Waals surface area contributed by atoms with Crippen molar-refractivity contribution in [1.82, 2.24) is 9.97 Å². The Hall–Kier alpha value is -2.43.